The fraction of sp³-hybridized carbons (Fsp3) is 0.571. The van der Waals surface area contributed by atoms with E-state index in [1.54, 1.807) is 11.0 Å². The molecule has 1 atom stereocenters. The van der Waals surface area contributed by atoms with Crippen LogP contribution in [-0.4, -0.2) is 34.5 Å². The molecule has 1 amide bonds. The lowest BCUT2D eigenvalue weighted by molar-refractivity contribution is -0.138. The van der Waals surface area contributed by atoms with Crippen molar-refractivity contribution in [2.24, 2.45) is 0 Å². The van der Waals surface area contributed by atoms with Gasteiger partial charge in [0, 0.05) is 19.0 Å². The van der Waals surface area contributed by atoms with Crippen LogP contribution in [0.15, 0.2) is 16.7 Å². The third kappa shape index (κ3) is 2.97. The van der Waals surface area contributed by atoms with E-state index in [4.69, 9.17) is 9.52 Å². The second-order valence-corrected chi connectivity index (χ2v) is 4.86. The van der Waals surface area contributed by atoms with Gasteiger partial charge in [-0.3, -0.25) is 9.59 Å². The molecular weight excluding hydrogens is 246 g/mol. The first-order chi connectivity index (χ1) is 9.13. The monoisotopic (exact) mass is 265 g/mol. The van der Waals surface area contributed by atoms with Crippen LogP contribution in [0.3, 0.4) is 0 Å². The van der Waals surface area contributed by atoms with E-state index in [2.05, 4.69) is 0 Å². The molecule has 0 aliphatic carbocycles. The molecule has 0 spiro atoms. The fourth-order valence-corrected chi connectivity index (χ4v) is 2.64. The zero-order valence-electron chi connectivity index (χ0n) is 11.1. The van der Waals surface area contributed by atoms with Crippen LogP contribution in [0.2, 0.25) is 0 Å². The summed E-state index contributed by atoms with van der Waals surface area (Å²) < 4.78 is 5.28. The van der Waals surface area contributed by atoms with Crippen molar-refractivity contribution in [1.29, 1.82) is 0 Å². The van der Waals surface area contributed by atoms with E-state index in [9.17, 15) is 9.59 Å². The summed E-state index contributed by atoms with van der Waals surface area (Å²) in [6, 6.07) is 1.48. The van der Waals surface area contributed by atoms with Crippen LogP contribution >= 0.6 is 0 Å². The Labute approximate surface area is 112 Å². The first-order valence-electron chi connectivity index (χ1n) is 6.72. The van der Waals surface area contributed by atoms with Crippen LogP contribution in [0.25, 0.3) is 0 Å². The maximum atomic E-state index is 12.5. The number of likely N-dealkylation sites (tertiary alicyclic amines) is 1. The Morgan fingerprint density at radius 1 is 1.47 bits per heavy atom. The number of carboxylic acid groups (broad SMARTS) is 1. The predicted molar refractivity (Wildman–Crippen MR) is 69.0 cm³/mol. The molecule has 1 aromatic heterocycles. The van der Waals surface area contributed by atoms with Crippen LogP contribution in [0, 0.1) is 0 Å². The van der Waals surface area contributed by atoms with Crippen LogP contribution in [-0.2, 0) is 11.2 Å². The second-order valence-electron chi connectivity index (χ2n) is 4.86. The molecule has 2 heterocycles. The molecule has 2 rings (SSSR count). The summed E-state index contributed by atoms with van der Waals surface area (Å²) in [5.41, 5.74) is 0.569. The van der Waals surface area contributed by atoms with Gasteiger partial charge in [0.1, 0.15) is 5.76 Å². The Morgan fingerprint density at radius 2 is 2.26 bits per heavy atom. The molecule has 1 aromatic rings. The summed E-state index contributed by atoms with van der Waals surface area (Å²) in [5.74, 6) is -0.284. The first kappa shape index (κ1) is 13.6. The maximum Gasteiger partial charge on any atom is 0.305 e. The van der Waals surface area contributed by atoms with E-state index in [-0.39, 0.29) is 18.4 Å². The Balaban J connectivity index is 2.17. The number of furan rings is 1. The van der Waals surface area contributed by atoms with E-state index in [0.717, 1.165) is 19.3 Å². The largest absolute Gasteiger partial charge is 0.481 e. The van der Waals surface area contributed by atoms with Crippen molar-refractivity contribution in [3.05, 3.63) is 23.7 Å². The van der Waals surface area contributed by atoms with Gasteiger partial charge in [-0.2, -0.15) is 0 Å². The van der Waals surface area contributed by atoms with Crippen molar-refractivity contribution in [3.8, 4) is 0 Å². The summed E-state index contributed by atoms with van der Waals surface area (Å²) in [5, 5.41) is 8.94. The van der Waals surface area contributed by atoms with Gasteiger partial charge in [0.05, 0.1) is 18.2 Å². The summed E-state index contributed by atoms with van der Waals surface area (Å²) in [6.45, 7) is 2.56. The van der Waals surface area contributed by atoms with Crippen LogP contribution in [0.5, 0.6) is 0 Å². The van der Waals surface area contributed by atoms with Crippen LogP contribution in [0.4, 0.5) is 0 Å². The Kier molecular flexibility index (Phi) is 4.24. The first-order valence-corrected chi connectivity index (χ1v) is 6.72. The van der Waals surface area contributed by atoms with Crippen LogP contribution < -0.4 is 0 Å². The Bertz CT molecular complexity index is 466. The molecule has 5 heteroatoms. The molecule has 1 aliphatic heterocycles. The van der Waals surface area contributed by atoms with E-state index in [0.29, 0.717) is 24.3 Å². The summed E-state index contributed by atoms with van der Waals surface area (Å²) in [4.78, 5) is 25.1. The quantitative estimate of drug-likeness (QED) is 0.906. The minimum Gasteiger partial charge on any atom is -0.481 e. The van der Waals surface area contributed by atoms with Crippen molar-refractivity contribution in [2.45, 2.75) is 45.1 Å². The normalized spacial score (nSPS) is 19.4. The second kappa shape index (κ2) is 5.91. The number of hydrogen-bond acceptors (Lipinski definition) is 3. The van der Waals surface area contributed by atoms with Crippen molar-refractivity contribution >= 4 is 11.9 Å². The van der Waals surface area contributed by atoms with Gasteiger partial charge in [0.2, 0.25) is 0 Å². The highest BCUT2D eigenvalue weighted by Gasteiger charge is 2.30. The summed E-state index contributed by atoms with van der Waals surface area (Å²) in [6.07, 6.45) is 4.87. The minimum atomic E-state index is -0.854. The fourth-order valence-electron chi connectivity index (χ4n) is 2.64. The molecule has 1 unspecified atom stereocenters. The standard InChI is InChI=1S/C14H19NO4/c1-2-12-11(6-8-19-12)14(18)15-7-4-3-5-10(15)9-13(16)17/h6,8,10H,2-5,7,9H2,1H3,(H,16,17). The number of nitrogens with zero attached hydrogens (tertiary/aromatic N) is 1. The lowest BCUT2D eigenvalue weighted by atomic mass is 9.98. The topological polar surface area (TPSA) is 70.8 Å². The zero-order chi connectivity index (χ0) is 13.8. The third-order valence-electron chi connectivity index (χ3n) is 3.60. The van der Waals surface area contributed by atoms with Crippen molar-refractivity contribution < 1.29 is 19.1 Å². The average molecular weight is 265 g/mol. The molecule has 0 saturated carbocycles. The Morgan fingerprint density at radius 3 is 2.95 bits per heavy atom. The van der Waals surface area contributed by atoms with Gasteiger partial charge in [-0.1, -0.05) is 6.92 Å². The summed E-state index contributed by atoms with van der Waals surface area (Å²) in [7, 11) is 0. The number of amides is 1. The van der Waals surface area contributed by atoms with Gasteiger partial charge < -0.3 is 14.4 Å². The highest BCUT2D eigenvalue weighted by atomic mass is 16.4. The van der Waals surface area contributed by atoms with Crippen molar-refractivity contribution in [2.75, 3.05) is 6.54 Å². The Hall–Kier alpha value is -1.78. The molecule has 1 fully saturated rings. The lowest BCUT2D eigenvalue weighted by Crippen LogP contribution is -2.44. The number of rotatable bonds is 4. The molecule has 0 bridgehead atoms. The van der Waals surface area contributed by atoms with Gasteiger partial charge in [-0.15, -0.1) is 0 Å². The molecule has 19 heavy (non-hydrogen) atoms. The molecule has 5 nitrogen and oxygen atoms in total. The van der Waals surface area contributed by atoms with Crippen molar-refractivity contribution in [3.63, 3.8) is 0 Å². The van der Waals surface area contributed by atoms with E-state index < -0.39 is 5.97 Å². The molecule has 104 valence electrons. The molecular formula is C14H19NO4. The highest BCUT2D eigenvalue weighted by molar-refractivity contribution is 5.95. The van der Waals surface area contributed by atoms with Gasteiger partial charge in [-0.05, 0) is 25.3 Å². The highest BCUT2D eigenvalue weighted by Crippen LogP contribution is 2.23. The number of piperidine rings is 1. The number of aliphatic carboxylic acids is 1. The minimum absolute atomic E-state index is 0.0189. The molecule has 0 aromatic carbocycles. The predicted octanol–water partition coefficient (Wildman–Crippen LogP) is 2.31. The number of aryl methyl sites for hydroxylation is 1. The van der Waals surface area contributed by atoms with E-state index >= 15 is 0 Å². The van der Waals surface area contributed by atoms with Gasteiger partial charge in [-0.25, -0.2) is 0 Å². The summed E-state index contributed by atoms with van der Waals surface area (Å²) >= 11 is 0. The van der Waals surface area contributed by atoms with Gasteiger partial charge in [0.15, 0.2) is 0 Å². The third-order valence-corrected chi connectivity index (χ3v) is 3.60. The lowest BCUT2D eigenvalue weighted by Gasteiger charge is -2.34. The molecule has 1 aliphatic rings. The SMILES string of the molecule is CCc1occc1C(=O)N1CCCCC1CC(=O)O. The van der Waals surface area contributed by atoms with Crippen molar-refractivity contribution in [1.82, 2.24) is 4.90 Å². The van der Waals surface area contributed by atoms with E-state index in [1.165, 1.54) is 6.26 Å². The average Bonchev–Trinajstić information content (AvgIpc) is 2.86. The number of carboxylic acids is 1. The molecule has 0 radical (unpaired) electrons. The molecule has 1 saturated heterocycles. The number of carbonyl (C=O) groups excluding carboxylic acids is 1. The molecule has 1 N–H and O–H groups in total. The van der Waals surface area contributed by atoms with E-state index in [1.807, 2.05) is 6.92 Å². The smallest absolute Gasteiger partial charge is 0.305 e. The number of carbonyl (C=O) groups is 2. The zero-order valence-corrected chi connectivity index (χ0v) is 11.1. The van der Waals surface area contributed by atoms with Gasteiger partial charge >= 0.3 is 5.97 Å². The van der Waals surface area contributed by atoms with Crippen LogP contribution in [0.1, 0.15) is 48.7 Å². The maximum absolute atomic E-state index is 12.5. The number of hydrogen-bond donors (Lipinski definition) is 1. The van der Waals surface area contributed by atoms with Gasteiger partial charge in [0.25, 0.3) is 5.91 Å².